The van der Waals surface area contributed by atoms with Gasteiger partial charge in [0, 0.05) is 12.7 Å². The van der Waals surface area contributed by atoms with Crippen molar-refractivity contribution in [3.05, 3.63) is 46.0 Å². The van der Waals surface area contributed by atoms with Crippen molar-refractivity contribution in [3.8, 4) is 0 Å². The molecule has 0 aliphatic rings. The van der Waals surface area contributed by atoms with E-state index >= 15 is 0 Å². The van der Waals surface area contributed by atoms with Crippen LogP contribution in [0.2, 0.25) is 0 Å². The summed E-state index contributed by atoms with van der Waals surface area (Å²) >= 11 is 0. The van der Waals surface area contributed by atoms with Gasteiger partial charge in [0.2, 0.25) is 0 Å². The van der Waals surface area contributed by atoms with Gasteiger partial charge in [0.25, 0.3) is 11.5 Å². The van der Waals surface area contributed by atoms with Crippen LogP contribution >= 0.6 is 0 Å². The highest BCUT2D eigenvalue weighted by atomic mass is 16.2. The van der Waals surface area contributed by atoms with Gasteiger partial charge in [-0.1, -0.05) is 19.9 Å². The van der Waals surface area contributed by atoms with Gasteiger partial charge in [-0.25, -0.2) is 4.98 Å². The number of nitrogens with zero attached hydrogens (tertiary/aromatic N) is 2. The highest BCUT2D eigenvalue weighted by Crippen LogP contribution is 2.03. The van der Waals surface area contributed by atoms with Gasteiger partial charge in [0.05, 0.1) is 5.69 Å². The second kappa shape index (κ2) is 5.22. The average Bonchev–Trinajstić information content (AvgIpc) is 2.36. The van der Waals surface area contributed by atoms with Crippen LogP contribution in [0.3, 0.4) is 0 Å². The van der Waals surface area contributed by atoms with Crippen LogP contribution in [0, 0.1) is 12.8 Å². The lowest BCUT2D eigenvalue weighted by Gasteiger charge is -2.10. The SMILES string of the molecule is Cc1nc2ccccn2c(=O)c1C(=O)NCC(C)C. The minimum Gasteiger partial charge on any atom is -0.352 e. The average molecular weight is 259 g/mol. The quantitative estimate of drug-likeness (QED) is 0.906. The zero-order chi connectivity index (χ0) is 14.0. The van der Waals surface area contributed by atoms with Gasteiger partial charge >= 0.3 is 0 Å². The Bertz CT molecular complexity index is 674. The minimum absolute atomic E-state index is 0.115. The Balaban J connectivity index is 2.49. The summed E-state index contributed by atoms with van der Waals surface area (Å²) in [7, 11) is 0. The normalized spacial score (nSPS) is 10.9. The van der Waals surface area contributed by atoms with E-state index in [-0.39, 0.29) is 17.0 Å². The summed E-state index contributed by atoms with van der Waals surface area (Å²) in [4.78, 5) is 28.7. The molecule has 0 bridgehead atoms. The molecule has 0 saturated heterocycles. The second-order valence-corrected chi connectivity index (χ2v) is 4.91. The topological polar surface area (TPSA) is 63.5 Å². The van der Waals surface area contributed by atoms with Crippen LogP contribution in [0.5, 0.6) is 0 Å². The Labute approximate surface area is 111 Å². The van der Waals surface area contributed by atoms with Crippen molar-refractivity contribution in [2.24, 2.45) is 5.92 Å². The van der Waals surface area contributed by atoms with E-state index in [1.54, 1.807) is 31.3 Å². The molecule has 0 fully saturated rings. The molecule has 0 aromatic carbocycles. The number of amides is 1. The highest BCUT2D eigenvalue weighted by Gasteiger charge is 2.16. The van der Waals surface area contributed by atoms with Crippen molar-refractivity contribution in [2.75, 3.05) is 6.54 Å². The number of carbonyl (C=O) groups excluding carboxylic acids is 1. The maximum Gasteiger partial charge on any atom is 0.270 e. The van der Waals surface area contributed by atoms with Gasteiger partial charge in [0.15, 0.2) is 0 Å². The van der Waals surface area contributed by atoms with Crippen molar-refractivity contribution >= 4 is 11.6 Å². The van der Waals surface area contributed by atoms with Gasteiger partial charge in [0.1, 0.15) is 11.2 Å². The number of nitrogens with one attached hydrogen (secondary N) is 1. The van der Waals surface area contributed by atoms with Crippen LogP contribution in [0.4, 0.5) is 0 Å². The summed E-state index contributed by atoms with van der Waals surface area (Å²) in [5, 5.41) is 2.75. The van der Waals surface area contributed by atoms with Crippen LogP contribution in [0.15, 0.2) is 29.2 Å². The minimum atomic E-state index is -0.359. The van der Waals surface area contributed by atoms with Crippen molar-refractivity contribution in [2.45, 2.75) is 20.8 Å². The van der Waals surface area contributed by atoms with Crippen molar-refractivity contribution in [3.63, 3.8) is 0 Å². The Morgan fingerprint density at radius 3 is 2.84 bits per heavy atom. The molecule has 0 aliphatic heterocycles. The molecule has 19 heavy (non-hydrogen) atoms. The van der Waals surface area contributed by atoms with Gasteiger partial charge in [-0.3, -0.25) is 14.0 Å². The third-order valence-corrected chi connectivity index (χ3v) is 2.81. The smallest absolute Gasteiger partial charge is 0.270 e. The highest BCUT2D eigenvalue weighted by molar-refractivity contribution is 5.95. The zero-order valence-electron chi connectivity index (χ0n) is 11.3. The number of pyridine rings is 1. The largest absolute Gasteiger partial charge is 0.352 e. The van der Waals surface area contributed by atoms with Gasteiger partial charge in [-0.05, 0) is 25.0 Å². The van der Waals surface area contributed by atoms with Crippen LogP contribution in [0.1, 0.15) is 29.9 Å². The summed E-state index contributed by atoms with van der Waals surface area (Å²) in [6, 6.07) is 5.28. The van der Waals surface area contributed by atoms with Gasteiger partial charge in [-0.2, -0.15) is 0 Å². The van der Waals surface area contributed by atoms with E-state index in [2.05, 4.69) is 10.3 Å². The Kier molecular flexibility index (Phi) is 3.64. The third kappa shape index (κ3) is 2.65. The number of rotatable bonds is 3. The molecule has 0 saturated carbocycles. The number of hydrogen-bond donors (Lipinski definition) is 1. The molecule has 2 heterocycles. The number of aryl methyl sites for hydroxylation is 1. The summed E-state index contributed by atoms with van der Waals surface area (Å²) in [6.07, 6.45) is 1.61. The fourth-order valence-electron chi connectivity index (χ4n) is 1.85. The molecule has 0 radical (unpaired) electrons. The lowest BCUT2D eigenvalue weighted by molar-refractivity contribution is 0.0946. The third-order valence-electron chi connectivity index (χ3n) is 2.81. The Hall–Kier alpha value is -2.17. The maximum atomic E-state index is 12.3. The molecular weight excluding hydrogens is 242 g/mol. The van der Waals surface area contributed by atoms with Gasteiger partial charge in [-0.15, -0.1) is 0 Å². The first kappa shape index (κ1) is 13.3. The molecule has 5 heteroatoms. The van der Waals surface area contributed by atoms with E-state index in [1.165, 1.54) is 4.40 Å². The molecule has 0 spiro atoms. The first-order valence-corrected chi connectivity index (χ1v) is 6.27. The number of hydrogen-bond acceptors (Lipinski definition) is 3. The molecule has 100 valence electrons. The lowest BCUT2D eigenvalue weighted by Crippen LogP contribution is -2.34. The first-order chi connectivity index (χ1) is 9.00. The molecule has 5 nitrogen and oxygen atoms in total. The summed E-state index contributed by atoms with van der Waals surface area (Å²) in [5.41, 5.74) is 0.788. The molecule has 1 amide bonds. The maximum absolute atomic E-state index is 12.3. The first-order valence-electron chi connectivity index (χ1n) is 6.27. The lowest BCUT2D eigenvalue weighted by atomic mass is 10.2. The van der Waals surface area contributed by atoms with Crippen molar-refractivity contribution in [1.29, 1.82) is 0 Å². The van der Waals surface area contributed by atoms with Crippen LogP contribution < -0.4 is 10.9 Å². The zero-order valence-corrected chi connectivity index (χ0v) is 11.3. The number of carbonyl (C=O) groups is 1. The molecule has 2 aromatic rings. The second-order valence-electron chi connectivity index (χ2n) is 4.91. The number of aromatic nitrogens is 2. The Morgan fingerprint density at radius 1 is 1.42 bits per heavy atom. The molecule has 1 N–H and O–H groups in total. The van der Waals surface area contributed by atoms with Crippen LogP contribution in [-0.4, -0.2) is 21.8 Å². The standard InChI is InChI=1S/C14H17N3O2/c1-9(2)8-15-13(18)12-10(3)16-11-6-4-5-7-17(11)14(12)19/h4-7,9H,8H2,1-3H3,(H,15,18). The predicted molar refractivity (Wildman–Crippen MR) is 73.4 cm³/mol. The van der Waals surface area contributed by atoms with E-state index in [9.17, 15) is 9.59 Å². The number of fused-ring (bicyclic) bond motifs is 1. The molecule has 2 aromatic heterocycles. The summed E-state index contributed by atoms with van der Waals surface area (Å²) in [6.45, 7) is 6.21. The van der Waals surface area contributed by atoms with E-state index < -0.39 is 0 Å². The van der Waals surface area contributed by atoms with E-state index in [0.717, 1.165) is 0 Å². The monoisotopic (exact) mass is 259 g/mol. The summed E-state index contributed by atoms with van der Waals surface area (Å²) < 4.78 is 1.39. The predicted octanol–water partition coefficient (Wildman–Crippen LogP) is 1.39. The van der Waals surface area contributed by atoms with Gasteiger partial charge < -0.3 is 5.32 Å². The van der Waals surface area contributed by atoms with Crippen molar-refractivity contribution in [1.82, 2.24) is 14.7 Å². The van der Waals surface area contributed by atoms with E-state index in [0.29, 0.717) is 23.8 Å². The Morgan fingerprint density at radius 2 is 2.16 bits per heavy atom. The van der Waals surface area contributed by atoms with E-state index in [4.69, 9.17) is 0 Å². The van der Waals surface area contributed by atoms with E-state index in [1.807, 2.05) is 13.8 Å². The molecule has 0 aliphatic carbocycles. The van der Waals surface area contributed by atoms with Crippen LogP contribution in [-0.2, 0) is 0 Å². The molecule has 0 atom stereocenters. The molecule has 2 rings (SSSR count). The summed E-state index contributed by atoms with van der Waals surface area (Å²) in [5.74, 6) is -0.0256. The van der Waals surface area contributed by atoms with Crippen LogP contribution in [0.25, 0.3) is 5.65 Å². The molecule has 0 unspecified atom stereocenters. The fourth-order valence-corrected chi connectivity index (χ4v) is 1.85. The van der Waals surface area contributed by atoms with Crippen molar-refractivity contribution < 1.29 is 4.79 Å². The fraction of sp³-hybridized carbons (Fsp3) is 0.357. The molecular formula is C14H17N3O2.